The van der Waals surface area contributed by atoms with Crippen molar-refractivity contribution in [3.63, 3.8) is 0 Å². The van der Waals surface area contributed by atoms with Gasteiger partial charge >= 0.3 is 0 Å². The summed E-state index contributed by atoms with van der Waals surface area (Å²) in [7, 11) is -1.59. The van der Waals surface area contributed by atoms with E-state index in [0.717, 1.165) is 70.3 Å². The second kappa shape index (κ2) is 8.24. The molecule has 0 radical (unpaired) electrons. The van der Waals surface area contributed by atoms with Gasteiger partial charge in [0.15, 0.2) is 0 Å². The Morgan fingerprint density at radius 3 is 1.45 bits per heavy atom. The Morgan fingerprint density at radius 2 is 0.909 bits per heavy atom. The number of fused-ring (bicyclic) bond motifs is 2. The molecule has 2 saturated carbocycles. The summed E-state index contributed by atoms with van der Waals surface area (Å²) in [6.07, 6.45) is 0. The van der Waals surface area contributed by atoms with Gasteiger partial charge in [0.05, 0.1) is 8.07 Å². The predicted molar refractivity (Wildman–Crippen MR) is 149 cm³/mol. The molecule has 0 aromatic heterocycles. The first-order chi connectivity index (χ1) is 15.2. The second-order valence-electron chi connectivity index (χ2n) is 14.1. The first kappa shape index (κ1) is 25.5. The van der Waals surface area contributed by atoms with Crippen LogP contribution < -0.4 is 0 Å². The summed E-state index contributed by atoms with van der Waals surface area (Å²) in [5.41, 5.74) is 12.0. The molecule has 0 aromatic carbocycles. The minimum atomic E-state index is -1.59. The lowest BCUT2D eigenvalue weighted by atomic mass is 9.65. The van der Waals surface area contributed by atoms with Crippen LogP contribution >= 0.6 is 0 Å². The largest absolute Gasteiger partial charge is 0.0710 e. The van der Waals surface area contributed by atoms with Crippen LogP contribution in [0.2, 0.25) is 24.2 Å². The van der Waals surface area contributed by atoms with Crippen LogP contribution in [0.15, 0.2) is 33.4 Å². The van der Waals surface area contributed by atoms with Gasteiger partial charge in [-0.2, -0.15) is 0 Å². The van der Waals surface area contributed by atoms with E-state index in [1.165, 1.54) is 0 Å². The summed E-state index contributed by atoms with van der Waals surface area (Å²) < 4.78 is 0. The number of hydrogen-bond acceptors (Lipinski definition) is 0. The van der Waals surface area contributed by atoms with E-state index >= 15 is 0 Å². The van der Waals surface area contributed by atoms with E-state index in [1.54, 1.807) is 33.4 Å². The lowest BCUT2D eigenvalue weighted by Gasteiger charge is -2.50. The minimum absolute atomic E-state index is 0.745. The molecule has 0 spiro atoms. The van der Waals surface area contributed by atoms with Crippen molar-refractivity contribution in [1.29, 1.82) is 0 Å². The second-order valence-corrected chi connectivity index (χ2v) is 19.1. The van der Waals surface area contributed by atoms with Crippen molar-refractivity contribution in [2.24, 2.45) is 59.2 Å². The van der Waals surface area contributed by atoms with Crippen LogP contribution in [0, 0.1) is 59.2 Å². The van der Waals surface area contributed by atoms with E-state index in [0.29, 0.717) is 0 Å². The van der Waals surface area contributed by atoms with Crippen molar-refractivity contribution in [3.8, 4) is 0 Å². The molecule has 0 aromatic rings. The van der Waals surface area contributed by atoms with Crippen molar-refractivity contribution in [3.05, 3.63) is 33.4 Å². The zero-order valence-electron chi connectivity index (χ0n) is 24.4. The monoisotopic (exact) mass is 466 g/mol. The van der Waals surface area contributed by atoms with E-state index in [-0.39, 0.29) is 0 Å². The highest BCUT2D eigenvalue weighted by Crippen LogP contribution is 2.69. The maximum atomic E-state index is 2.85. The molecule has 0 bridgehead atoms. The molecule has 4 aliphatic rings. The molecule has 0 nitrogen and oxygen atoms in total. The summed E-state index contributed by atoms with van der Waals surface area (Å²) in [4.78, 5) is 0. The molecule has 2 fully saturated rings. The Balaban J connectivity index is 1.83. The number of rotatable bonds is 2. The van der Waals surface area contributed by atoms with Crippen LogP contribution in [0.1, 0.15) is 83.1 Å². The molecular weight excluding hydrogens is 412 g/mol. The molecule has 33 heavy (non-hydrogen) atoms. The standard InChI is InChI=1S/C32H54Si/c1-15-17(3)21(7)29-27(19(15)5)23(9)25(11)31(29)33(13,14)32-26(12)24(10)28-20(6)16(2)18(4)22(8)30(28)32/h17,21,23-32H,1-14H3/t17-,21?,23?,24?,25?,26?,27?,28?,29?,30?,31?,32?/m1/s1. The Kier molecular flexibility index (Phi) is 6.38. The van der Waals surface area contributed by atoms with Crippen LogP contribution in [0.25, 0.3) is 0 Å². The molecule has 0 aliphatic heterocycles. The zero-order valence-corrected chi connectivity index (χ0v) is 25.4. The van der Waals surface area contributed by atoms with E-state index in [1.807, 2.05) is 0 Å². The van der Waals surface area contributed by atoms with Gasteiger partial charge in [0.25, 0.3) is 0 Å². The summed E-state index contributed by atoms with van der Waals surface area (Å²) in [6.45, 7) is 36.1. The number of hydrogen-bond donors (Lipinski definition) is 0. The molecular formula is C32H54Si. The highest BCUT2D eigenvalue weighted by molar-refractivity contribution is 6.80. The van der Waals surface area contributed by atoms with Gasteiger partial charge in [0.1, 0.15) is 0 Å². The number of allylic oxidation sites excluding steroid dienone is 6. The quantitative estimate of drug-likeness (QED) is 0.280. The van der Waals surface area contributed by atoms with Crippen LogP contribution in [-0.2, 0) is 0 Å². The van der Waals surface area contributed by atoms with Crippen molar-refractivity contribution in [2.75, 3.05) is 0 Å². The van der Waals surface area contributed by atoms with Gasteiger partial charge in [0.2, 0.25) is 0 Å². The molecule has 0 N–H and O–H groups in total. The SMILES string of the molecule is CC1=C(C)C2C(C)C(C)C([Si](C)(C)C3C(C)C(C)C4C(C)=C(C)[C@@H](C)C(C)C43)C2C(C)=C1C. The van der Waals surface area contributed by atoms with E-state index in [9.17, 15) is 0 Å². The third-order valence-corrected chi connectivity index (χ3v) is 18.4. The Labute approximate surface area is 207 Å². The predicted octanol–water partition coefficient (Wildman–Crippen LogP) is 9.78. The normalized spacial score (nSPS) is 48.5. The molecule has 11 unspecified atom stereocenters. The lowest BCUT2D eigenvalue weighted by Crippen LogP contribution is -2.48. The van der Waals surface area contributed by atoms with Crippen molar-refractivity contribution in [1.82, 2.24) is 0 Å². The molecule has 4 aliphatic carbocycles. The topological polar surface area (TPSA) is 0 Å². The van der Waals surface area contributed by atoms with Crippen LogP contribution in [0.3, 0.4) is 0 Å². The van der Waals surface area contributed by atoms with Crippen LogP contribution in [0.5, 0.6) is 0 Å². The minimum Gasteiger partial charge on any atom is -0.0710 e. The average molecular weight is 467 g/mol. The van der Waals surface area contributed by atoms with E-state index in [2.05, 4.69) is 96.2 Å². The van der Waals surface area contributed by atoms with E-state index < -0.39 is 8.07 Å². The Morgan fingerprint density at radius 1 is 0.455 bits per heavy atom. The zero-order chi connectivity index (χ0) is 24.9. The smallest absolute Gasteiger partial charge is 0.0550 e. The maximum absolute atomic E-state index is 2.85. The molecule has 186 valence electrons. The van der Waals surface area contributed by atoms with Crippen molar-refractivity contribution >= 4 is 8.07 Å². The fourth-order valence-electron chi connectivity index (χ4n) is 10.6. The summed E-state index contributed by atoms with van der Waals surface area (Å²) in [6, 6.07) is 0. The lowest BCUT2D eigenvalue weighted by molar-refractivity contribution is 0.205. The van der Waals surface area contributed by atoms with Crippen LogP contribution in [-0.4, -0.2) is 8.07 Å². The molecule has 0 amide bonds. The van der Waals surface area contributed by atoms with Gasteiger partial charge in [-0.05, 0) is 123 Å². The average Bonchev–Trinajstić information content (AvgIpc) is 3.19. The van der Waals surface area contributed by atoms with Gasteiger partial charge in [-0.15, -0.1) is 0 Å². The summed E-state index contributed by atoms with van der Waals surface area (Å²) in [5, 5.41) is 0. The first-order valence-electron chi connectivity index (χ1n) is 14.2. The molecule has 0 saturated heterocycles. The third kappa shape index (κ3) is 3.26. The van der Waals surface area contributed by atoms with Gasteiger partial charge < -0.3 is 0 Å². The van der Waals surface area contributed by atoms with Crippen molar-refractivity contribution < 1.29 is 0 Å². The fourth-order valence-corrected chi connectivity index (χ4v) is 17.3. The molecule has 12 atom stereocenters. The van der Waals surface area contributed by atoms with Crippen LogP contribution in [0.4, 0.5) is 0 Å². The van der Waals surface area contributed by atoms with E-state index in [4.69, 9.17) is 0 Å². The molecule has 4 rings (SSSR count). The Hall–Kier alpha value is -0.563. The highest BCUT2D eigenvalue weighted by atomic mass is 28.3. The van der Waals surface area contributed by atoms with Gasteiger partial charge in [-0.1, -0.05) is 76.9 Å². The fraction of sp³-hybridized carbons (Fsp3) is 0.812. The molecule has 0 heterocycles. The summed E-state index contributed by atoms with van der Waals surface area (Å²) in [5.74, 6) is 8.17. The van der Waals surface area contributed by atoms with Gasteiger partial charge in [-0.25, -0.2) is 0 Å². The maximum Gasteiger partial charge on any atom is 0.0550 e. The van der Waals surface area contributed by atoms with Gasteiger partial charge in [0, 0.05) is 0 Å². The summed E-state index contributed by atoms with van der Waals surface area (Å²) >= 11 is 0. The first-order valence-corrected chi connectivity index (χ1v) is 17.4. The third-order valence-electron chi connectivity index (χ3n) is 13.2. The van der Waals surface area contributed by atoms with Crippen molar-refractivity contribution in [2.45, 2.75) is 107 Å². The highest BCUT2D eigenvalue weighted by Gasteiger charge is 2.63. The molecule has 1 heteroatoms. The van der Waals surface area contributed by atoms with Gasteiger partial charge in [-0.3, -0.25) is 0 Å². The Bertz CT molecular complexity index is 913.